The van der Waals surface area contributed by atoms with E-state index in [1.807, 2.05) is 24.3 Å². The molecule has 2 N–H and O–H groups in total. The molecule has 6 heteroatoms. The number of aryl methyl sites for hydroxylation is 2. The average Bonchev–Trinajstić information content (AvgIpc) is 2.51. The van der Waals surface area contributed by atoms with Crippen molar-refractivity contribution >= 4 is 23.4 Å². The predicted octanol–water partition coefficient (Wildman–Crippen LogP) is 2.68. The molecule has 116 valence electrons. The predicted molar refractivity (Wildman–Crippen MR) is 89.5 cm³/mol. The number of H-pyrrole nitrogens is 1. The van der Waals surface area contributed by atoms with E-state index in [1.165, 1.54) is 17.3 Å². The van der Waals surface area contributed by atoms with Gasteiger partial charge in [-0.15, -0.1) is 0 Å². The molecular weight excluding hydrogens is 298 g/mol. The Morgan fingerprint density at radius 1 is 1.27 bits per heavy atom. The number of carbonyl (C=O) groups excluding carboxylic acids is 1. The molecule has 0 atom stereocenters. The van der Waals surface area contributed by atoms with Crippen molar-refractivity contribution < 1.29 is 4.79 Å². The molecule has 1 amide bonds. The summed E-state index contributed by atoms with van der Waals surface area (Å²) in [5.74, 6) is 0.0659. The minimum atomic E-state index is -0.162. The number of amides is 1. The summed E-state index contributed by atoms with van der Waals surface area (Å²) < 4.78 is 0. The quantitative estimate of drug-likeness (QED) is 0.657. The molecule has 2 rings (SSSR count). The molecular formula is C16H19N3O2S. The van der Waals surface area contributed by atoms with Crippen LogP contribution >= 0.6 is 11.8 Å². The maximum atomic E-state index is 11.9. The van der Waals surface area contributed by atoms with Crippen molar-refractivity contribution in [1.82, 2.24) is 9.97 Å². The highest BCUT2D eigenvalue weighted by Crippen LogP contribution is 2.14. The molecule has 0 spiro atoms. The number of nitrogens with one attached hydrogen (secondary N) is 2. The van der Waals surface area contributed by atoms with Crippen LogP contribution in [0.1, 0.15) is 23.7 Å². The molecule has 0 bridgehead atoms. The fraction of sp³-hybridized carbons (Fsp3) is 0.312. The molecule has 0 aliphatic carbocycles. The minimum absolute atomic E-state index is 0.130. The van der Waals surface area contributed by atoms with E-state index in [1.54, 1.807) is 13.8 Å². The molecule has 0 aliphatic rings. The van der Waals surface area contributed by atoms with Gasteiger partial charge in [0, 0.05) is 16.9 Å². The van der Waals surface area contributed by atoms with E-state index >= 15 is 0 Å². The van der Waals surface area contributed by atoms with E-state index < -0.39 is 0 Å². The van der Waals surface area contributed by atoms with Gasteiger partial charge in [-0.05, 0) is 38.0 Å². The second-order valence-corrected chi connectivity index (χ2v) is 5.93. The third-order valence-corrected chi connectivity index (χ3v) is 4.23. The van der Waals surface area contributed by atoms with E-state index in [0.29, 0.717) is 16.4 Å². The van der Waals surface area contributed by atoms with E-state index in [0.717, 1.165) is 12.1 Å². The van der Waals surface area contributed by atoms with Gasteiger partial charge < -0.3 is 10.3 Å². The van der Waals surface area contributed by atoms with Crippen molar-refractivity contribution in [2.75, 3.05) is 11.1 Å². The lowest BCUT2D eigenvalue weighted by Gasteiger charge is -2.06. The average molecular weight is 317 g/mol. The van der Waals surface area contributed by atoms with Crippen molar-refractivity contribution in [2.45, 2.75) is 32.3 Å². The Labute approximate surface area is 133 Å². The number of aromatic nitrogens is 2. The van der Waals surface area contributed by atoms with Crippen LogP contribution in [0.15, 0.2) is 34.2 Å². The normalized spacial score (nSPS) is 10.5. The van der Waals surface area contributed by atoms with Gasteiger partial charge in [-0.3, -0.25) is 9.59 Å². The Morgan fingerprint density at radius 3 is 2.55 bits per heavy atom. The molecule has 0 saturated heterocycles. The number of carbonyl (C=O) groups is 1. The highest BCUT2D eigenvalue weighted by Gasteiger charge is 2.08. The van der Waals surface area contributed by atoms with Crippen LogP contribution in [0.2, 0.25) is 0 Å². The van der Waals surface area contributed by atoms with Gasteiger partial charge in [0.05, 0.1) is 5.75 Å². The zero-order valence-corrected chi connectivity index (χ0v) is 13.7. The van der Waals surface area contributed by atoms with Crippen molar-refractivity contribution in [3.05, 3.63) is 51.4 Å². The number of hydrogen-bond acceptors (Lipinski definition) is 4. The van der Waals surface area contributed by atoms with Crippen LogP contribution in [0.5, 0.6) is 0 Å². The van der Waals surface area contributed by atoms with Crippen molar-refractivity contribution in [3.63, 3.8) is 0 Å². The summed E-state index contributed by atoms with van der Waals surface area (Å²) >= 11 is 1.21. The summed E-state index contributed by atoms with van der Waals surface area (Å²) in [6.07, 6.45) is 0.968. The second kappa shape index (κ2) is 7.26. The van der Waals surface area contributed by atoms with Gasteiger partial charge >= 0.3 is 0 Å². The SMILES string of the molecule is CCc1ccc(NC(=O)CSc2nc(C)c(C)c(=O)[nH]2)cc1. The summed E-state index contributed by atoms with van der Waals surface area (Å²) in [6, 6.07) is 7.76. The lowest BCUT2D eigenvalue weighted by Crippen LogP contribution is -2.17. The van der Waals surface area contributed by atoms with Gasteiger partial charge in [0.15, 0.2) is 5.16 Å². The number of rotatable bonds is 5. The number of thioether (sulfide) groups is 1. The Hall–Kier alpha value is -2.08. The maximum Gasteiger partial charge on any atom is 0.254 e. The van der Waals surface area contributed by atoms with Crippen LogP contribution < -0.4 is 10.9 Å². The molecule has 2 aromatic rings. The van der Waals surface area contributed by atoms with Gasteiger partial charge in [0.25, 0.3) is 5.56 Å². The number of hydrogen-bond donors (Lipinski definition) is 2. The van der Waals surface area contributed by atoms with E-state index in [-0.39, 0.29) is 17.2 Å². The molecule has 0 fully saturated rings. The molecule has 0 saturated carbocycles. The first-order valence-electron chi connectivity index (χ1n) is 7.08. The molecule has 1 aromatic heterocycles. The highest BCUT2D eigenvalue weighted by atomic mass is 32.2. The lowest BCUT2D eigenvalue weighted by atomic mass is 10.1. The van der Waals surface area contributed by atoms with Crippen molar-refractivity contribution in [3.8, 4) is 0 Å². The van der Waals surface area contributed by atoms with E-state index in [9.17, 15) is 9.59 Å². The second-order valence-electron chi connectivity index (χ2n) is 4.97. The molecule has 5 nitrogen and oxygen atoms in total. The first kappa shape index (κ1) is 16.3. The summed E-state index contributed by atoms with van der Waals surface area (Å²) in [7, 11) is 0. The Kier molecular flexibility index (Phi) is 5.38. The van der Waals surface area contributed by atoms with Gasteiger partial charge in [-0.2, -0.15) is 0 Å². The first-order valence-corrected chi connectivity index (χ1v) is 8.07. The fourth-order valence-corrected chi connectivity index (χ4v) is 2.55. The number of anilines is 1. The van der Waals surface area contributed by atoms with Gasteiger partial charge in [0.1, 0.15) is 0 Å². The Balaban J connectivity index is 1.93. The Bertz CT molecular complexity index is 723. The zero-order chi connectivity index (χ0) is 16.1. The maximum absolute atomic E-state index is 11.9. The molecule has 1 heterocycles. The summed E-state index contributed by atoms with van der Waals surface area (Å²) in [5.41, 5.74) is 3.12. The number of benzene rings is 1. The molecule has 0 aliphatic heterocycles. The summed E-state index contributed by atoms with van der Waals surface area (Å²) in [6.45, 7) is 5.59. The third-order valence-electron chi connectivity index (χ3n) is 3.36. The molecule has 1 aromatic carbocycles. The first-order chi connectivity index (χ1) is 10.5. The van der Waals surface area contributed by atoms with Crippen molar-refractivity contribution in [1.29, 1.82) is 0 Å². The largest absolute Gasteiger partial charge is 0.325 e. The van der Waals surface area contributed by atoms with E-state index in [2.05, 4.69) is 22.2 Å². The van der Waals surface area contributed by atoms with Crippen molar-refractivity contribution in [2.24, 2.45) is 0 Å². The molecule has 0 unspecified atom stereocenters. The Morgan fingerprint density at radius 2 is 1.95 bits per heavy atom. The standard InChI is InChI=1S/C16H19N3O2S/c1-4-12-5-7-13(8-6-12)18-14(20)9-22-16-17-11(3)10(2)15(21)19-16/h5-8H,4,9H2,1-3H3,(H,18,20)(H,17,19,21). The fourth-order valence-electron chi connectivity index (χ4n) is 1.84. The lowest BCUT2D eigenvalue weighted by molar-refractivity contribution is -0.113. The van der Waals surface area contributed by atoms with Crippen LogP contribution in [0.25, 0.3) is 0 Å². The minimum Gasteiger partial charge on any atom is -0.325 e. The summed E-state index contributed by atoms with van der Waals surface area (Å²) in [5, 5.41) is 3.29. The van der Waals surface area contributed by atoms with Gasteiger partial charge in [-0.25, -0.2) is 4.98 Å². The highest BCUT2D eigenvalue weighted by molar-refractivity contribution is 7.99. The number of aromatic amines is 1. The van der Waals surface area contributed by atoms with Gasteiger partial charge in [0.2, 0.25) is 5.91 Å². The smallest absolute Gasteiger partial charge is 0.254 e. The van der Waals surface area contributed by atoms with Crippen LogP contribution in [-0.2, 0) is 11.2 Å². The summed E-state index contributed by atoms with van der Waals surface area (Å²) in [4.78, 5) is 30.5. The third kappa shape index (κ3) is 4.21. The van der Waals surface area contributed by atoms with Crippen LogP contribution in [0.3, 0.4) is 0 Å². The molecule has 22 heavy (non-hydrogen) atoms. The van der Waals surface area contributed by atoms with E-state index in [4.69, 9.17) is 0 Å². The monoisotopic (exact) mass is 317 g/mol. The zero-order valence-electron chi connectivity index (χ0n) is 12.9. The topological polar surface area (TPSA) is 74.8 Å². The van der Waals surface area contributed by atoms with Crippen LogP contribution in [-0.4, -0.2) is 21.6 Å². The van der Waals surface area contributed by atoms with Crippen LogP contribution in [0, 0.1) is 13.8 Å². The van der Waals surface area contributed by atoms with Crippen LogP contribution in [0.4, 0.5) is 5.69 Å². The number of nitrogens with zero attached hydrogens (tertiary/aromatic N) is 1. The van der Waals surface area contributed by atoms with Gasteiger partial charge in [-0.1, -0.05) is 30.8 Å². The molecule has 0 radical (unpaired) electrons.